The molecule has 0 saturated heterocycles. The van der Waals surface area contributed by atoms with Crippen LogP contribution in [0.5, 0.6) is 11.5 Å². The predicted molar refractivity (Wildman–Crippen MR) is 171 cm³/mol. The molecule has 0 fully saturated rings. The zero-order valence-corrected chi connectivity index (χ0v) is 27.2. The first-order valence-corrected chi connectivity index (χ1v) is 15.9. The number of hydrogen-bond acceptors (Lipinski definition) is 8. The molecular weight excluding hydrogens is 556 g/mol. The van der Waals surface area contributed by atoms with E-state index in [0.29, 0.717) is 25.9 Å². The minimum absolute atomic E-state index is 0.171. The molecule has 0 aliphatic carbocycles. The third-order valence-electron chi connectivity index (χ3n) is 8.92. The molecule has 8 heteroatoms. The summed E-state index contributed by atoms with van der Waals surface area (Å²) in [6.07, 6.45) is 6.99. The Hall–Kier alpha value is -3.62. The summed E-state index contributed by atoms with van der Waals surface area (Å²) in [6.45, 7) is 9.62. The summed E-state index contributed by atoms with van der Waals surface area (Å²) >= 11 is 0. The van der Waals surface area contributed by atoms with Gasteiger partial charge in [0.2, 0.25) is 0 Å². The Morgan fingerprint density at radius 2 is 1.02 bits per heavy atom. The second-order valence-corrected chi connectivity index (χ2v) is 11.7. The van der Waals surface area contributed by atoms with Crippen LogP contribution >= 0.6 is 0 Å². The molecule has 44 heavy (non-hydrogen) atoms. The first-order chi connectivity index (χ1) is 21.3. The monoisotopic (exact) mass is 604 g/mol. The van der Waals surface area contributed by atoms with Crippen LogP contribution in [0.4, 0.5) is 0 Å². The number of hydroxylamine groups is 4. The molecule has 2 aromatic rings. The summed E-state index contributed by atoms with van der Waals surface area (Å²) in [4.78, 5) is 38.1. The minimum atomic E-state index is -0.999. The van der Waals surface area contributed by atoms with E-state index in [9.17, 15) is 9.59 Å². The fraction of sp³-hybridized carbons (Fsp3) is 0.500. The van der Waals surface area contributed by atoms with E-state index in [1.165, 1.54) is 22.3 Å². The van der Waals surface area contributed by atoms with Crippen molar-refractivity contribution in [2.45, 2.75) is 91.1 Å². The van der Waals surface area contributed by atoms with Gasteiger partial charge in [-0.05, 0) is 87.8 Å². The molecule has 2 aliphatic heterocycles. The van der Waals surface area contributed by atoms with Crippen LogP contribution in [0.2, 0.25) is 0 Å². The lowest BCUT2D eigenvalue weighted by atomic mass is 9.89. The van der Waals surface area contributed by atoms with Crippen LogP contribution in [0.15, 0.2) is 70.8 Å². The van der Waals surface area contributed by atoms with Crippen molar-refractivity contribution >= 4 is 11.9 Å². The largest absolute Gasteiger partial charge is 0.497 e. The number of nitrogens with zero attached hydrogens (tertiary/aromatic N) is 2. The van der Waals surface area contributed by atoms with E-state index in [4.69, 9.17) is 19.1 Å². The molecule has 8 nitrogen and oxygen atoms in total. The molecule has 4 rings (SSSR count). The first-order valence-electron chi connectivity index (χ1n) is 15.9. The zero-order valence-electron chi connectivity index (χ0n) is 27.2. The quantitative estimate of drug-likeness (QED) is 0.194. The zero-order chi connectivity index (χ0) is 31.6. The highest BCUT2D eigenvalue weighted by molar-refractivity contribution is 6.29. The van der Waals surface area contributed by atoms with Crippen LogP contribution in [0, 0.1) is 0 Å². The second kappa shape index (κ2) is 15.9. The first kappa shape index (κ1) is 33.3. The van der Waals surface area contributed by atoms with Crippen molar-refractivity contribution < 1.29 is 28.7 Å². The Bertz CT molecular complexity index is 1230. The summed E-state index contributed by atoms with van der Waals surface area (Å²) in [5.41, 5.74) is 7.35. The van der Waals surface area contributed by atoms with Gasteiger partial charge in [-0.3, -0.25) is 0 Å². The Labute approximate surface area is 262 Å². The van der Waals surface area contributed by atoms with Gasteiger partial charge in [0, 0.05) is 13.1 Å². The van der Waals surface area contributed by atoms with Crippen molar-refractivity contribution in [3.05, 3.63) is 82.0 Å². The minimum Gasteiger partial charge on any atom is -0.497 e. The van der Waals surface area contributed by atoms with Crippen LogP contribution in [-0.4, -0.2) is 61.5 Å². The molecule has 0 amide bonds. The SMILES string of the molecule is CCCC1=C(C)C(Cc2ccc(OC)cc2)N(OC(=O)C(=O)ON2CCC(CCC)=C(C)C2Cc2ccc(OC)cc2)CC1. The maximum absolute atomic E-state index is 13.2. The molecule has 2 unspecified atom stereocenters. The third-order valence-corrected chi connectivity index (χ3v) is 8.92. The molecule has 2 atom stereocenters. The van der Waals surface area contributed by atoms with Gasteiger partial charge in [0.25, 0.3) is 0 Å². The van der Waals surface area contributed by atoms with Gasteiger partial charge in [-0.1, -0.05) is 73.2 Å². The maximum atomic E-state index is 13.2. The van der Waals surface area contributed by atoms with Gasteiger partial charge in [-0.2, -0.15) is 0 Å². The maximum Gasteiger partial charge on any atom is 0.438 e. The van der Waals surface area contributed by atoms with E-state index < -0.39 is 11.9 Å². The van der Waals surface area contributed by atoms with Gasteiger partial charge < -0.3 is 19.1 Å². The Morgan fingerprint density at radius 3 is 1.34 bits per heavy atom. The van der Waals surface area contributed by atoms with Crippen LogP contribution < -0.4 is 9.47 Å². The van der Waals surface area contributed by atoms with Gasteiger partial charge in [-0.15, -0.1) is 10.1 Å². The molecule has 0 aromatic heterocycles. The average molecular weight is 605 g/mol. The lowest BCUT2D eigenvalue weighted by Crippen LogP contribution is -2.47. The highest BCUT2D eigenvalue weighted by Crippen LogP contribution is 2.32. The van der Waals surface area contributed by atoms with E-state index in [0.717, 1.165) is 61.2 Å². The van der Waals surface area contributed by atoms with Crippen molar-refractivity contribution in [1.29, 1.82) is 0 Å². The average Bonchev–Trinajstić information content (AvgIpc) is 3.04. The molecule has 238 valence electrons. The van der Waals surface area contributed by atoms with Gasteiger partial charge in [0.05, 0.1) is 26.3 Å². The summed E-state index contributed by atoms with van der Waals surface area (Å²) in [5, 5.41) is 3.33. The van der Waals surface area contributed by atoms with E-state index >= 15 is 0 Å². The van der Waals surface area contributed by atoms with Crippen molar-refractivity contribution in [2.24, 2.45) is 0 Å². The molecule has 0 N–H and O–H groups in total. The lowest BCUT2D eigenvalue weighted by molar-refractivity contribution is -0.227. The summed E-state index contributed by atoms with van der Waals surface area (Å²) in [6, 6.07) is 15.5. The van der Waals surface area contributed by atoms with Gasteiger partial charge in [0.15, 0.2) is 0 Å². The van der Waals surface area contributed by atoms with Crippen molar-refractivity contribution in [3.63, 3.8) is 0 Å². The summed E-state index contributed by atoms with van der Waals surface area (Å²) < 4.78 is 10.6. The third kappa shape index (κ3) is 8.30. The number of carbonyl (C=O) groups excluding carboxylic acids is 2. The number of methoxy groups -OCH3 is 2. The summed E-state index contributed by atoms with van der Waals surface area (Å²) in [7, 11) is 3.29. The van der Waals surface area contributed by atoms with Crippen LogP contribution in [0.25, 0.3) is 0 Å². The Morgan fingerprint density at radius 1 is 0.659 bits per heavy atom. The molecule has 0 radical (unpaired) electrons. The van der Waals surface area contributed by atoms with Crippen molar-refractivity contribution in [1.82, 2.24) is 10.1 Å². The van der Waals surface area contributed by atoms with E-state index in [-0.39, 0.29) is 12.1 Å². The highest BCUT2D eigenvalue weighted by Gasteiger charge is 2.36. The smallest absolute Gasteiger partial charge is 0.438 e. The van der Waals surface area contributed by atoms with E-state index in [1.807, 2.05) is 48.5 Å². The molecule has 2 heterocycles. The number of rotatable bonds is 12. The molecule has 0 bridgehead atoms. The van der Waals surface area contributed by atoms with Gasteiger partial charge >= 0.3 is 11.9 Å². The number of ether oxygens (including phenoxy) is 2. The fourth-order valence-electron chi connectivity index (χ4n) is 6.33. The Kier molecular flexibility index (Phi) is 12.0. The highest BCUT2D eigenvalue weighted by atomic mass is 16.8. The standard InChI is InChI=1S/C36H48N2O6/c1-7-9-29-19-21-37(33(25(29)3)23-27-11-15-31(41-5)16-12-27)43-35(39)36(40)44-38-22-20-30(10-8-2)26(4)34(38)24-28-13-17-32(42-6)18-14-28/h11-18,33-34H,7-10,19-24H2,1-6H3. The van der Waals surface area contributed by atoms with Crippen LogP contribution in [0.1, 0.15) is 77.3 Å². The number of carbonyl (C=O) groups is 2. The lowest BCUT2D eigenvalue weighted by Gasteiger charge is -2.37. The normalized spacial score (nSPS) is 19.6. The van der Waals surface area contributed by atoms with E-state index in [2.05, 4.69) is 27.7 Å². The van der Waals surface area contributed by atoms with Crippen molar-refractivity contribution in [3.8, 4) is 11.5 Å². The predicted octanol–water partition coefficient (Wildman–Crippen LogP) is 6.79. The Balaban J connectivity index is 1.48. The number of benzene rings is 2. The molecule has 2 aromatic carbocycles. The molecule has 2 aliphatic rings. The van der Waals surface area contributed by atoms with Crippen LogP contribution in [-0.2, 0) is 32.1 Å². The molecular formula is C36H48N2O6. The fourth-order valence-corrected chi connectivity index (χ4v) is 6.33. The second-order valence-electron chi connectivity index (χ2n) is 11.7. The molecule has 0 spiro atoms. The number of hydrogen-bond donors (Lipinski definition) is 0. The van der Waals surface area contributed by atoms with Crippen molar-refractivity contribution in [2.75, 3.05) is 27.3 Å². The van der Waals surface area contributed by atoms with E-state index in [1.54, 1.807) is 24.3 Å². The summed E-state index contributed by atoms with van der Waals surface area (Å²) in [5.74, 6) is -0.421. The topological polar surface area (TPSA) is 77.5 Å². The van der Waals surface area contributed by atoms with Gasteiger partial charge in [0.1, 0.15) is 11.5 Å². The molecule has 0 saturated carbocycles. The van der Waals surface area contributed by atoms with Gasteiger partial charge in [-0.25, -0.2) is 9.59 Å². The van der Waals surface area contributed by atoms with Crippen LogP contribution in [0.3, 0.4) is 0 Å².